The van der Waals surface area contributed by atoms with E-state index in [2.05, 4.69) is 28.0 Å². The zero-order valence-electron chi connectivity index (χ0n) is 10.4. The topological polar surface area (TPSA) is 47.3 Å². The second-order valence-electron chi connectivity index (χ2n) is 4.05. The maximum Gasteiger partial charge on any atom is 0.119 e. The van der Waals surface area contributed by atoms with E-state index in [0.29, 0.717) is 0 Å². The predicted molar refractivity (Wildman–Crippen MR) is 86.3 cm³/mol. The summed E-state index contributed by atoms with van der Waals surface area (Å²) in [5.74, 6) is 6.48. The van der Waals surface area contributed by atoms with E-state index < -0.39 is 0 Å². The minimum atomic E-state index is -0.121. The quantitative estimate of drug-likeness (QED) is 0.479. The number of ether oxygens (including phenoxy) is 1. The van der Waals surface area contributed by atoms with Gasteiger partial charge in [0.1, 0.15) is 5.75 Å². The van der Waals surface area contributed by atoms with Crippen LogP contribution in [0.1, 0.15) is 17.2 Å². The largest absolute Gasteiger partial charge is 0.497 e. The molecule has 5 heteroatoms. The van der Waals surface area contributed by atoms with E-state index in [1.54, 1.807) is 7.11 Å². The van der Waals surface area contributed by atoms with Crippen LogP contribution in [0.3, 0.4) is 0 Å². The van der Waals surface area contributed by atoms with Gasteiger partial charge in [-0.2, -0.15) is 0 Å². The Labute approximate surface area is 131 Å². The molecule has 0 bridgehead atoms. The van der Waals surface area contributed by atoms with Gasteiger partial charge in [0.2, 0.25) is 0 Å². The van der Waals surface area contributed by atoms with Gasteiger partial charge in [0.05, 0.1) is 18.2 Å². The van der Waals surface area contributed by atoms with Gasteiger partial charge in [-0.15, -0.1) is 0 Å². The molecule has 19 heavy (non-hydrogen) atoms. The third kappa shape index (κ3) is 3.39. The van der Waals surface area contributed by atoms with Crippen LogP contribution in [0.25, 0.3) is 0 Å². The molecule has 0 fully saturated rings. The highest BCUT2D eigenvalue weighted by atomic mass is 127. The monoisotopic (exact) mass is 388 g/mol. The molecular weight excluding hydrogens is 375 g/mol. The zero-order chi connectivity index (χ0) is 13.8. The summed E-state index contributed by atoms with van der Waals surface area (Å²) in [4.78, 5) is 0. The lowest BCUT2D eigenvalue weighted by molar-refractivity contribution is 0.413. The Balaban J connectivity index is 2.40. The van der Waals surface area contributed by atoms with Crippen molar-refractivity contribution in [3.8, 4) is 5.75 Å². The summed E-state index contributed by atoms with van der Waals surface area (Å²) in [6, 6.07) is 13.6. The number of hydrazine groups is 1. The minimum absolute atomic E-state index is 0.121. The second kappa shape index (κ2) is 6.56. The van der Waals surface area contributed by atoms with Gasteiger partial charge in [0.15, 0.2) is 0 Å². The lowest BCUT2D eigenvalue weighted by Gasteiger charge is -2.18. The number of rotatable bonds is 4. The van der Waals surface area contributed by atoms with Gasteiger partial charge in [-0.1, -0.05) is 29.8 Å². The predicted octanol–water partition coefficient (Wildman–Crippen LogP) is 3.51. The Morgan fingerprint density at radius 1 is 1.21 bits per heavy atom. The van der Waals surface area contributed by atoms with Crippen molar-refractivity contribution in [2.45, 2.75) is 6.04 Å². The van der Waals surface area contributed by atoms with Crippen molar-refractivity contribution in [3.05, 3.63) is 62.2 Å². The van der Waals surface area contributed by atoms with E-state index in [1.165, 1.54) is 0 Å². The molecule has 2 aromatic rings. The SMILES string of the molecule is COc1cccc(C(NN)c2ccc(I)c(Cl)c2)c1. The molecular formula is C14H14ClIN2O. The second-order valence-corrected chi connectivity index (χ2v) is 5.62. The highest BCUT2D eigenvalue weighted by Gasteiger charge is 2.14. The van der Waals surface area contributed by atoms with Crippen LogP contribution in [0.2, 0.25) is 5.02 Å². The van der Waals surface area contributed by atoms with Crippen LogP contribution >= 0.6 is 34.2 Å². The third-order valence-corrected chi connectivity index (χ3v) is 4.44. The summed E-state index contributed by atoms with van der Waals surface area (Å²) >= 11 is 8.36. The Kier molecular flexibility index (Phi) is 5.04. The molecule has 2 aromatic carbocycles. The highest BCUT2D eigenvalue weighted by Crippen LogP contribution is 2.28. The summed E-state index contributed by atoms with van der Waals surface area (Å²) in [6.07, 6.45) is 0. The molecule has 0 saturated carbocycles. The van der Waals surface area contributed by atoms with Crippen molar-refractivity contribution in [1.29, 1.82) is 0 Å². The lowest BCUT2D eigenvalue weighted by atomic mass is 9.99. The summed E-state index contributed by atoms with van der Waals surface area (Å²) in [5.41, 5.74) is 4.86. The van der Waals surface area contributed by atoms with Crippen molar-refractivity contribution in [2.24, 2.45) is 5.84 Å². The molecule has 0 saturated heterocycles. The Morgan fingerprint density at radius 3 is 2.58 bits per heavy atom. The fourth-order valence-corrected chi connectivity index (χ4v) is 2.42. The molecule has 0 radical (unpaired) electrons. The summed E-state index contributed by atoms with van der Waals surface area (Å²) in [6.45, 7) is 0. The molecule has 2 rings (SSSR count). The Bertz CT molecular complexity index is 577. The van der Waals surface area contributed by atoms with Crippen LogP contribution in [0.4, 0.5) is 0 Å². The van der Waals surface area contributed by atoms with E-state index in [4.69, 9.17) is 22.2 Å². The number of halogens is 2. The van der Waals surface area contributed by atoms with Gasteiger partial charge < -0.3 is 4.74 Å². The average Bonchev–Trinajstić information content (AvgIpc) is 2.44. The van der Waals surface area contributed by atoms with Crippen molar-refractivity contribution in [2.75, 3.05) is 7.11 Å². The van der Waals surface area contributed by atoms with Crippen LogP contribution < -0.4 is 16.0 Å². The van der Waals surface area contributed by atoms with Crippen LogP contribution in [-0.4, -0.2) is 7.11 Å². The van der Waals surface area contributed by atoms with Crippen LogP contribution in [0.15, 0.2) is 42.5 Å². The number of benzene rings is 2. The first-order chi connectivity index (χ1) is 9.15. The van der Waals surface area contributed by atoms with E-state index in [1.807, 2.05) is 42.5 Å². The van der Waals surface area contributed by atoms with E-state index in [9.17, 15) is 0 Å². The molecule has 1 unspecified atom stereocenters. The summed E-state index contributed by atoms with van der Waals surface area (Å²) < 4.78 is 6.25. The molecule has 1 atom stereocenters. The minimum Gasteiger partial charge on any atom is -0.497 e. The number of nitrogens with two attached hydrogens (primary N) is 1. The molecule has 3 nitrogen and oxygen atoms in total. The highest BCUT2D eigenvalue weighted by molar-refractivity contribution is 14.1. The van der Waals surface area contributed by atoms with Gasteiger partial charge in [0.25, 0.3) is 0 Å². The molecule has 0 aliphatic heterocycles. The summed E-state index contributed by atoms with van der Waals surface area (Å²) in [5, 5.41) is 0.723. The molecule has 0 aromatic heterocycles. The molecule has 0 heterocycles. The van der Waals surface area contributed by atoms with Gasteiger partial charge in [-0.25, -0.2) is 5.43 Å². The first-order valence-corrected chi connectivity index (χ1v) is 7.16. The van der Waals surface area contributed by atoms with E-state index >= 15 is 0 Å². The van der Waals surface area contributed by atoms with Crippen LogP contribution in [0, 0.1) is 3.57 Å². The third-order valence-electron chi connectivity index (χ3n) is 2.87. The fraction of sp³-hybridized carbons (Fsp3) is 0.143. The molecule has 3 N–H and O–H groups in total. The maximum absolute atomic E-state index is 6.16. The molecule has 100 valence electrons. The van der Waals surface area contributed by atoms with Crippen molar-refractivity contribution >= 4 is 34.2 Å². The number of methoxy groups -OCH3 is 1. The average molecular weight is 389 g/mol. The number of nitrogens with one attached hydrogen (secondary N) is 1. The molecule has 0 aliphatic rings. The molecule has 0 amide bonds. The standard InChI is InChI=1S/C14H14ClIN2O/c1-19-11-4-2-3-9(7-11)14(18-17)10-5-6-13(16)12(15)8-10/h2-8,14,18H,17H2,1H3. The normalized spacial score (nSPS) is 12.2. The zero-order valence-corrected chi connectivity index (χ0v) is 13.3. The molecule has 0 aliphatic carbocycles. The Hall–Kier alpha value is -0.820. The Morgan fingerprint density at radius 2 is 1.95 bits per heavy atom. The van der Waals surface area contributed by atoms with E-state index in [-0.39, 0.29) is 6.04 Å². The van der Waals surface area contributed by atoms with Crippen molar-refractivity contribution in [1.82, 2.24) is 5.43 Å². The molecule has 0 spiro atoms. The van der Waals surface area contributed by atoms with Gasteiger partial charge in [-0.3, -0.25) is 5.84 Å². The van der Waals surface area contributed by atoms with E-state index in [0.717, 1.165) is 25.5 Å². The van der Waals surface area contributed by atoms with Crippen molar-refractivity contribution < 1.29 is 4.74 Å². The van der Waals surface area contributed by atoms with Gasteiger partial charge in [-0.05, 0) is 58.0 Å². The summed E-state index contributed by atoms with van der Waals surface area (Å²) in [7, 11) is 1.64. The lowest BCUT2D eigenvalue weighted by Crippen LogP contribution is -2.28. The van der Waals surface area contributed by atoms with Gasteiger partial charge >= 0.3 is 0 Å². The smallest absolute Gasteiger partial charge is 0.119 e. The number of hydrogen-bond acceptors (Lipinski definition) is 3. The number of hydrogen-bond donors (Lipinski definition) is 2. The van der Waals surface area contributed by atoms with Gasteiger partial charge in [0, 0.05) is 3.57 Å². The first kappa shape index (κ1) is 14.6. The van der Waals surface area contributed by atoms with Crippen LogP contribution in [-0.2, 0) is 0 Å². The van der Waals surface area contributed by atoms with Crippen LogP contribution in [0.5, 0.6) is 5.75 Å². The fourth-order valence-electron chi connectivity index (χ4n) is 1.90. The maximum atomic E-state index is 6.16. The first-order valence-electron chi connectivity index (χ1n) is 5.70. The van der Waals surface area contributed by atoms with Crippen molar-refractivity contribution in [3.63, 3.8) is 0 Å².